The summed E-state index contributed by atoms with van der Waals surface area (Å²) in [5, 5.41) is 23.2. The molecule has 0 aliphatic heterocycles. The standard InChI is InChI=1S/C13H17N3O4/c1-8-6-11(16(19)20)12(14-7-8)15-10-5-3-2-4-9(10)13(17)18/h6-7,9-10H,2-5H2,1H3,(H,14,15)(H,17,18). The Morgan fingerprint density at radius 3 is 2.85 bits per heavy atom. The van der Waals surface area contributed by atoms with Crippen molar-refractivity contribution in [2.45, 2.75) is 38.6 Å². The van der Waals surface area contributed by atoms with E-state index >= 15 is 0 Å². The van der Waals surface area contributed by atoms with Gasteiger partial charge in [-0.1, -0.05) is 12.8 Å². The molecule has 1 aliphatic carbocycles. The van der Waals surface area contributed by atoms with Gasteiger partial charge in [0.15, 0.2) is 0 Å². The summed E-state index contributed by atoms with van der Waals surface area (Å²) in [5.74, 6) is -1.23. The number of hydrogen-bond acceptors (Lipinski definition) is 5. The predicted molar refractivity (Wildman–Crippen MR) is 72.6 cm³/mol. The first-order valence-corrected chi connectivity index (χ1v) is 6.59. The lowest BCUT2D eigenvalue weighted by Crippen LogP contribution is -2.37. The smallest absolute Gasteiger partial charge is 0.311 e. The van der Waals surface area contributed by atoms with E-state index in [2.05, 4.69) is 10.3 Å². The fraction of sp³-hybridized carbons (Fsp3) is 0.538. The van der Waals surface area contributed by atoms with Gasteiger partial charge in [0, 0.05) is 18.3 Å². The lowest BCUT2D eigenvalue weighted by molar-refractivity contribution is -0.384. The maximum atomic E-state index is 11.2. The molecular weight excluding hydrogens is 262 g/mol. The third-order valence-electron chi connectivity index (χ3n) is 3.61. The number of nitrogens with zero attached hydrogens (tertiary/aromatic N) is 2. The minimum absolute atomic E-state index is 0.111. The first-order chi connectivity index (χ1) is 9.49. The summed E-state index contributed by atoms with van der Waals surface area (Å²) in [5.41, 5.74) is 0.584. The van der Waals surface area contributed by atoms with Gasteiger partial charge in [-0.15, -0.1) is 0 Å². The number of aliphatic carboxylic acids is 1. The highest BCUT2D eigenvalue weighted by atomic mass is 16.6. The van der Waals surface area contributed by atoms with Gasteiger partial charge in [0.1, 0.15) is 0 Å². The summed E-state index contributed by atoms with van der Waals surface area (Å²) < 4.78 is 0. The molecule has 108 valence electrons. The van der Waals surface area contributed by atoms with Crippen molar-refractivity contribution in [2.75, 3.05) is 5.32 Å². The number of anilines is 1. The Labute approximate surface area is 116 Å². The van der Waals surface area contributed by atoms with Crippen LogP contribution >= 0.6 is 0 Å². The molecule has 2 N–H and O–H groups in total. The second kappa shape index (κ2) is 5.85. The quantitative estimate of drug-likeness (QED) is 0.647. The van der Waals surface area contributed by atoms with Crippen molar-refractivity contribution < 1.29 is 14.8 Å². The summed E-state index contributed by atoms with van der Waals surface area (Å²) in [4.78, 5) is 25.8. The molecule has 2 atom stereocenters. The molecule has 1 fully saturated rings. The molecule has 0 amide bonds. The Morgan fingerprint density at radius 1 is 1.50 bits per heavy atom. The molecule has 1 aromatic rings. The van der Waals surface area contributed by atoms with Gasteiger partial charge in [-0.25, -0.2) is 4.98 Å². The molecule has 0 radical (unpaired) electrons. The van der Waals surface area contributed by atoms with Crippen molar-refractivity contribution >= 4 is 17.5 Å². The van der Waals surface area contributed by atoms with Crippen molar-refractivity contribution in [2.24, 2.45) is 5.92 Å². The monoisotopic (exact) mass is 279 g/mol. The van der Waals surface area contributed by atoms with Crippen LogP contribution in [-0.2, 0) is 4.79 Å². The summed E-state index contributed by atoms with van der Waals surface area (Å²) in [7, 11) is 0. The van der Waals surface area contributed by atoms with E-state index in [4.69, 9.17) is 0 Å². The molecule has 1 aromatic heterocycles. The van der Waals surface area contributed by atoms with E-state index in [1.54, 1.807) is 6.92 Å². The van der Waals surface area contributed by atoms with E-state index in [-0.39, 0.29) is 17.5 Å². The summed E-state index contributed by atoms with van der Waals surface area (Å²) >= 11 is 0. The first kappa shape index (κ1) is 14.2. The molecule has 0 aromatic carbocycles. The number of aromatic nitrogens is 1. The second-order valence-electron chi connectivity index (χ2n) is 5.12. The fourth-order valence-electron chi connectivity index (χ4n) is 2.58. The van der Waals surface area contributed by atoms with Crippen LogP contribution in [0.1, 0.15) is 31.2 Å². The number of nitro groups is 1. The Morgan fingerprint density at radius 2 is 2.20 bits per heavy atom. The van der Waals surface area contributed by atoms with Crippen LogP contribution in [0.25, 0.3) is 0 Å². The largest absolute Gasteiger partial charge is 0.481 e. The molecule has 0 spiro atoms. The van der Waals surface area contributed by atoms with Gasteiger partial charge in [-0.3, -0.25) is 14.9 Å². The van der Waals surface area contributed by atoms with E-state index in [0.717, 1.165) is 12.8 Å². The van der Waals surface area contributed by atoms with Gasteiger partial charge in [-0.05, 0) is 25.3 Å². The van der Waals surface area contributed by atoms with Crippen LogP contribution in [0.4, 0.5) is 11.5 Å². The summed E-state index contributed by atoms with van der Waals surface area (Å²) in [6, 6.07) is 1.13. The van der Waals surface area contributed by atoms with Gasteiger partial charge < -0.3 is 10.4 Å². The van der Waals surface area contributed by atoms with Crippen LogP contribution in [0.3, 0.4) is 0 Å². The average molecular weight is 279 g/mol. The Balaban J connectivity index is 2.24. The van der Waals surface area contributed by atoms with Crippen molar-refractivity contribution in [3.63, 3.8) is 0 Å². The number of carboxylic acids is 1. The molecule has 1 saturated carbocycles. The van der Waals surface area contributed by atoms with Crippen LogP contribution in [0.2, 0.25) is 0 Å². The van der Waals surface area contributed by atoms with Crippen LogP contribution < -0.4 is 5.32 Å². The molecule has 2 rings (SSSR count). The number of rotatable bonds is 4. The number of hydrogen-bond donors (Lipinski definition) is 2. The zero-order chi connectivity index (χ0) is 14.7. The number of carboxylic acid groups (broad SMARTS) is 1. The topological polar surface area (TPSA) is 105 Å². The van der Waals surface area contributed by atoms with Gasteiger partial charge >= 0.3 is 11.7 Å². The molecule has 2 unspecified atom stereocenters. The van der Waals surface area contributed by atoms with E-state index in [9.17, 15) is 20.0 Å². The molecule has 0 bridgehead atoms. The lowest BCUT2D eigenvalue weighted by Gasteiger charge is -2.29. The van der Waals surface area contributed by atoms with Crippen molar-refractivity contribution in [3.05, 3.63) is 27.9 Å². The van der Waals surface area contributed by atoms with Crippen LogP contribution in [0, 0.1) is 23.0 Å². The zero-order valence-corrected chi connectivity index (χ0v) is 11.2. The number of aryl methyl sites for hydroxylation is 1. The number of carbonyl (C=O) groups is 1. The second-order valence-corrected chi connectivity index (χ2v) is 5.12. The van der Waals surface area contributed by atoms with Crippen LogP contribution in [-0.4, -0.2) is 27.0 Å². The molecule has 0 saturated heterocycles. The minimum Gasteiger partial charge on any atom is -0.481 e. The fourth-order valence-corrected chi connectivity index (χ4v) is 2.58. The Kier molecular flexibility index (Phi) is 4.16. The van der Waals surface area contributed by atoms with Crippen LogP contribution in [0.15, 0.2) is 12.3 Å². The van der Waals surface area contributed by atoms with E-state index in [1.807, 2.05) is 0 Å². The summed E-state index contributed by atoms with van der Waals surface area (Å²) in [6.07, 6.45) is 4.60. The third-order valence-corrected chi connectivity index (χ3v) is 3.61. The lowest BCUT2D eigenvalue weighted by atomic mass is 9.84. The molecule has 1 heterocycles. The minimum atomic E-state index is -0.864. The predicted octanol–water partition coefficient (Wildman–Crippen LogP) is 2.35. The average Bonchev–Trinajstić information content (AvgIpc) is 2.41. The van der Waals surface area contributed by atoms with E-state index in [0.29, 0.717) is 18.4 Å². The van der Waals surface area contributed by atoms with E-state index < -0.39 is 16.8 Å². The van der Waals surface area contributed by atoms with Gasteiger partial charge in [0.05, 0.1) is 10.8 Å². The zero-order valence-electron chi connectivity index (χ0n) is 11.2. The maximum absolute atomic E-state index is 11.2. The SMILES string of the molecule is Cc1cnc(NC2CCCCC2C(=O)O)c([N+](=O)[O-])c1. The molecule has 7 heteroatoms. The highest BCUT2D eigenvalue weighted by Gasteiger charge is 2.32. The Bertz CT molecular complexity index is 532. The maximum Gasteiger partial charge on any atom is 0.311 e. The first-order valence-electron chi connectivity index (χ1n) is 6.59. The van der Waals surface area contributed by atoms with E-state index in [1.165, 1.54) is 12.3 Å². The van der Waals surface area contributed by atoms with Crippen molar-refractivity contribution in [1.82, 2.24) is 4.98 Å². The highest BCUT2D eigenvalue weighted by molar-refractivity contribution is 5.72. The van der Waals surface area contributed by atoms with Crippen molar-refractivity contribution in [1.29, 1.82) is 0 Å². The van der Waals surface area contributed by atoms with Crippen LogP contribution in [0.5, 0.6) is 0 Å². The molecule has 7 nitrogen and oxygen atoms in total. The molecule has 1 aliphatic rings. The van der Waals surface area contributed by atoms with Gasteiger partial charge in [0.25, 0.3) is 0 Å². The number of pyridine rings is 1. The normalized spacial score (nSPS) is 22.2. The highest BCUT2D eigenvalue weighted by Crippen LogP contribution is 2.30. The van der Waals surface area contributed by atoms with Crippen molar-refractivity contribution in [3.8, 4) is 0 Å². The Hall–Kier alpha value is -2.18. The van der Waals surface area contributed by atoms with Gasteiger partial charge in [0.2, 0.25) is 5.82 Å². The molecule has 20 heavy (non-hydrogen) atoms. The molecular formula is C13H17N3O4. The summed E-state index contributed by atoms with van der Waals surface area (Å²) in [6.45, 7) is 1.73. The number of nitrogens with one attached hydrogen (secondary N) is 1. The third kappa shape index (κ3) is 3.04. The van der Waals surface area contributed by atoms with Gasteiger partial charge in [-0.2, -0.15) is 0 Å².